The minimum Gasteiger partial charge on any atom is -0.446 e. The van der Waals surface area contributed by atoms with Gasteiger partial charge in [0.1, 0.15) is 0 Å². The smallest absolute Gasteiger partial charge is 0.434 e. The van der Waals surface area contributed by atoms with Gasteiger partial charge in [0.15, 0.2) is 5.70 Å². The summed E-state index contributed by atoms with van der Waals surface area (Å²) >= 11 is 0. The van der Waals surface area contributed by atoms with Crippen molar-refractivity contribution in [3.63, 3.8) is 0 Å². The van der Waals surface area contributed by atoms with Gasteiger partial charge in [-0.15, -0.1) is 0 Å². The molecule has 0 fully saturated rings. The van der Waals surface area contributed by atoms with Crippen molar-refractivity contribution >= 4 is 18.1 Å². The maximum Gasteiger partial charge on any atom is 0.434 e. The summed E-state index contributed by atoms with van der Waals surface area (Å²) in [6, 6.07) is -0.175. The molecule has 0 radical (unpaired) electrons. The molecule has 0 aromatic carbocycles. The third kappa shape index (κ3) is 10.0. The van der Waals surface area contributed by atoms with Crippen LogP contribution in [0.3, 0.4) is 0 Å². The van der Waals surface area contributed by atoms with E-state index in [1.165, 1.54) is 0 Å². The van der Waals surface area contributed by atoms with Crippen molar-refractivity contribution in [3.05, 3.63) is 11.4 Å². The van der Waals surface area contributed by atoms with Crippen molar-refractivity contribution in [1.82, 2.24) is 21.1 Å². The number of carbonyl (C=O) groups is 3. The molecular formula is C19H36N4O5. The number of hydrazine groups is 1. The monoisotopic (exact) mass is 400 g/mol. The minimum absolute atomic E-state index is 0.0688. The zero-order chi connectivity index (χ0) is 22.0. The van der Waals surface area contributed by atoms with Crippen molar-refractivity contribution in [2.24, 2.45) is 5.92 Å². The minimum atomic E-state index is -0.893. The SMILES string of the molecule is C/C(NCC(C)C)=C(/C(=O)NC(C)C)N(NC(=O)OC(C)C)C(=O)OC(C)C. The summed E-state index contributed by atoms with van der Waals surface area (Å²) in [6.07, 6.45) is -2.62. The van der Waals surface area contributed by atoms with Crippen LogP contribution in [0.15, 0.2) is 11.4 Å². The highest BCUT2D eigenvalue weighted by Crippen LogP contribution is 2.12. The summed E-state index contributed by atoms with van der Waals surface area (Å²) in [5.74, 6) is -0.228. The molecule has 3 N–H and O–H groups in total. The van der Waals surface area contributed by atoms with Crippen LogP contribution in [0.4, 0.5) is 9.59 Å². The molecule has 0 unspecified atom stereocenters. The van der Waals surface area contributed by atoms with E-state index in [1.54, 1.807) is 48.5 Å². The summed E-state index contributed by atoms with van der Waals surface area (Å²) in [7, 11) is 0. The van der Waals surface area contributed by atoms with Crippen LogP contribution in [0.2, 0.25) is 0 Å². The average molecular weight is 401 g/mol. The molecule has 0 aromatic heterocycles. The second-order valence-corrected chi connectivity index (χ2v) is 7.71. The van der Waals surface area contributed by atoms with E-state index in [4.69, 9.17) is 9.47 Å². The summed E-state index contributed by atoms with van der Waals surface area (Å²) < 4.78 is 10.3. The lowest BCUT2D eigenvalue weighted by atomic mass is 10.2. The molecule has 3 amide bonds. The van der Waals surface area contributed by atoms with E-state index in [0.29, 0.717) is 18.2 Å². The summed E-state index contributed by atoms with van der Waals surface area (Å²) in [5.41, 5.74) is 2.66. The van der Waals surface area contributed by atoms with Gasteiger partial charge in [-0.25, -0.2) is 15.0 Å². The number of nitrogens with zero attached hydrogens (tertiary/aromatic N) is 1. The molecular weight excluding hydrogens is 364 g/mol. The van der Waals surface area contributed by atoms with Gasteiger partial charge in [0.2, 0.25) is 0 Å². The number of hydrogen-bond donors (Lipinski definition) is 3. The highest BCUT2D eigenvalue weighted by molar-refractivity contribution is 5.97. The van der Waals surface area contributed by atoms with E-state index >= 15 is 0 Å². The fourth-order valence-electron chi connectivity index (χ4n) is 1.99. The molecule has 0 bridgehead atoms. The zero-order valence-corrected chi connectivity index (χ0v) is 18.5. The van der Waals surface area contributed by atoms with Gasteiger partial charge in [-0.05, 0) is 54.4 Å². The summed E-state index contributed by atoms with van der Waals surface area (Å²) in [5, 5.41) is 6.63. The fraction of sp³-hybridized carbons (Fsp3) is 0.737. The van der Waals surface area contributed by atoms with E-state index in [0.717, 1.165) is 5.01 Å². The molecule has 0 aliphatic heterocycles. The average Bonchev–Trinajstić information content (AvgIpc) is 2.49. The second kappa shape index (κ2) is 12.1. The highest BCUT2D eigenvalue weighted by Gasteiger charge is 2.31. The van der Waals surface area contributed by atoms with Crippen LogP contribution in [-0.4, -0.2) is 47.9 Å². The molecule has 0 rings (SSSR count). The maximum atomic E-state index is 12.8. The number of allylic oxidation sites excluding steroid dienone is 1. The predicted octanol–water partition coefficient (Wildman–Crippen LogP) is 2.88. The number of rotatable bonds is 8. The van der Waals surface area contributed by atoms with Crippen LogP contribution in [0, 0.1) is 5.92 Å². The fourth-order valence-corrected chi connectivity index (χ4v) is 1.99. The molecule has 9 heteroatoms. The van der Waals surface area contributed by atoms with Gasteiger partial charge in [-0.1, -0.05) is 13.8 Å². The van der Waals surface area contributed by atoms with Crippen LogP contribution in [0.1, 0.15) is 62.3 Å². The van der Waals surface area contributed by atoms with Crippen LogP contribution in [0.25, 0.3) is 0 Å². The van der Waals surface area contributed by atoms with E-state index in [1.807, 2.05) is 13.8 Å². The molecule has 9 nitrogen and oxygen atoms in total. The second-order valence-electron chi connectivity index (χ2n) is 7.71. The Kier molecular flexibility index (Phi) is 11.0. The molecule has 162 valence electrons. The van der Waals surface area contributed by atoms with Crippen LogP contribution < -0.4 is 16.1 Å². The Labute approximate surface area is 168 Å². The number of amides is 3. The summed E-state index contributed by atoms with van der Waals surface area (Å²) in [6.45, 7) is 16.5. The van der Waals surface area contributed by atoms with E-state index in [9.17, 15) is 14.4 Å². The van der Waals surface area contributed by atoms with Gasteiger partial charge < -0.3 is 20.1 Å². The first kappa shape index (κ1) is 25.6. The Bertz CT molecular complexity index is 571. The molecule has 0 atom stereocenters. The molecule has 28 heavy (non-hydrogen) atoms. The molecule has 0 spiro atoms. The van der Waals surface area contributed by atoms with Crippen molar-refractivity contribution in [2.75, 3.05) is 6.54 Å². The first-order chi connectivity index (χ1) is 12.8. The van der Waals surface area contributed by atoms with E-state index in [2.05, 4.69) is 16.1 Å². The molecule has 0 saturated carbocycles. The standard InChI is InChI=1S/C19H36N4O5/c1-11(2)10-20-15(9)16(17(24)21-12(3)4)23(19(26)28-14(7)8)22-18(25)27-13(5)6/h11-14,20H,10H2,1-9H3,(H,21,24)(H,22,25)/b16-15+. The number of hydrogen-bond acceptors (Lipinski definition) is 6. The predicted molar refractivity (Wildman–Crippen MR) is 107 cm³/mol. The Hall–Kier alpha value is -2.45. The van der Waals surface area contributed by atoms with Gasteiger partial charge >= 0.3 is 12.2 Å². The Morgan fingerprint density at radius 3 is 1.86 bits per heavy atom. The molecule has 0 aliphatic carbocycles. The van der Waals surface area contributed by atoms with Crippen molar-refractivity contribution in [1.29, 1.82) is 0 Å². The van der Waals surface area contributed by atoms with Crippen molar-refractivity contribution in [3.8, 4) is 0 Å². The van der Waals surface area contributed by atoms with Gasteiger partial charge in [-0.2, -0.15) is 5.01 Å². The molecule has 0 aliphatic rings. The third-order valence-corrected chi connectivity index (χ3v) is 3.05. The number of nitrogens with one attached hydrogen (secondary N) is 3. The van der Waals surface area contributed by atoms with Crippen LogP contribution >= 0.6 is 0 Å². The topological polar surface area (TPSA) is 109 Å². The Morgan fingerprint density at radius 1 is 0.893 bits per heavy atom. The Balaban J connectivity index is 6.01. The van der Waals surface area contributed by atoms with Gasteiger partial charge in [0.25, 0.3) is 5.91 Å². The largest absolute Gasteiger partial charge is 0.446 e. The van der Waals surface area contributed by atoms with Gasteiger partial charge in [-0.3, -0.25) is 4.79 Å². The van der Waals surface area contributed by atoms with Crippen LogP contribution in [0.5, 0.6) is 0 Å². The normalized spacial score (nSPS) is 12.0. The van der Waals surface area contributed by atoms with Gasteiger partial charge in [0.05, 0.1) is 12.2 Å². The molecule has 0 aromatic rings. The van der Waals surface area contributed by atoms with E-state index < -0.39 is 30.3 Å². The quantitative estimate of drug-likeness (QED) is 0.427. The Morgan fingerprint density at radius 2 is 1.43 bits per heavy atom. The van der Waals surface area contributed by atoms with Crippen molar-refractivity contribution < 1.29 is 23.9 Å². The van der Waals surface area contributed by atoms with Crippen LogP contribution in [-0.2, 0) is 14.3 Å². The van der Waals surface area contributed by atoms with Gasteiger partial charge in [0, 0.05) is 18.3 Å². The lowest BCUT2D eigenvalue weighted by molar-refractivity contribution is -0.119. The number of carbonyl (C=O) groups excluding carboxylic acids is 3. The first-order valence-corrected chi connectivity index (χ1v) is 9.58. The molecule has 0 heterocycles. The molecule has 0 saturated heterocycles. The first-order valence-electron chi connectivity index (χ1n) is 9.58. The van der Waals surface area contributed by atoms with E-state index in [-0.39, 0.29) is 11.7 Å². The highest BCUT2D eigenvalue weighted by atomic mass is 16.6. The lowest BCUT2D eigenvalue weighted by Crippen LogP contribution is -2.52. The third-order valence-electron chi connectivity index (χ3n) is 3.05. The summed E-state index contributed by atoms with van der Waals surface area (Å²) in [4.78, 5) is 37.6. The van der Waals surface area contributed by atoms with Crippen molar-refractivity contribution in [2.45, 2.75) is 80.6 Å². The zero-order valence-electron chi connectivity index (χ0n) is 18.5. The number of ether oxygens (including phenoxy) is 2. The maximum absolute atomic E-state index is 12.8. The lowest BCUT2D eigenvalue weighted by Gasteiger charge is -2.28.